The number of nitrogens with zero attached hydrogens (tertiary/aromatic N) is 12. The molecule has 0 aliphatic carbocycles. The number of anilines is 2. The van der Waals surface area contributed by atoms with Crippen molar-refractivity contribution < 1.29 is 26.3 Å². The second kappa shape index (κ2) is 21.3. The summed E-state index contributed by atoms with van der Waals surface area (Å²) in [7, 11) is 0. The van der Waals surface area contributed by atoms with Crippen LogP contribution in [0, 0.1) is 17.6 Å². The minimum atomic E-state index is -0.580. The van der Waals surface area contributed by atoms with Crippen LogP contribution in [0.4, 0.5) is 25.2 Å². The van der Waals surface area contributed by atoms with Crippen LogP contribution in [0.2, 0.25) is 0 Å². The molecular weight excluding hydrogens is 973 g/mol. The first-order valence-electron chi connectivity index (χ1n) is 25.7. The van der Waals surface area contributed by atoms with Gasteiger partial charge in [-0.3, -0.25) is 20.2 Å². The van der Waals surface area contributed by atoms with E-state index < -0.39 is 11.4 Å². The molecule has 0 bridgehead atoms. The minimum Gasteiger partial charge on any atom is -0.441 e. The van der Waals surface area contributed by atoms with E-state index in [1.807, 2.05) is 49.4 Å². The van der Waals surface area contributed by atoms with Crippen molar-refractivity contribution in [2.45, 2.75) is 76.7 Å². The number of aliphatic hydroxyl groups excluding tert-OH is 1. The Balaban J connectivity index is 0.000000142. The molecule has 20 nitrogen and oxygen atoms in total. The molecule has 0 aromatic carbocycles. The number of piperidine rings is 2. The quantitative estimate of drug-likeness (QED) is 0.0849. The molecule has 0 saturated carbocycles. The number of aliphatic hydroxyl groups is 1. The minimum absolute atomic E-state index is 0. The van der Waals surface area contributed by atoms with Crippen LogP contribution < -0.4 is 20.9 Å². The van der Waals surface area contributed by atoms with Crippen molar-refractivity contribution in [2.75, 3.05) is 55.6 Å². The Kier molecular flexibility index (Phi) is 14.0. The molecule has 4 fully saturated rings. The Morgan fingerprint density at radius 1 is 0.724 bits per heavy atom. The molecule has 4 aliphatic rings. The highest BCUT2D eigenvalue weighted by Crippen LogP contribution is 2.39. The number of nitrogens with one attached hydrogen (secondary N) is 4. The molecule has 4 saturated heterocycles. The zero-order valence-electron chi connectivity index (χ0n) is 42.4. The number of aromatic nitrogens is 12. The second-order valence-electron chi connectivity index (χ2n) is 20.1. The molecule has 396 valence electrons. The average Bonchev–Trinajstić information content (AvgIpc) is 4.26. The number of cyclic esters (lactones) is 1. The normalized spacial score (nSPS) is 19.2. The number of fused-ring (bicyclic) bond motifs is 4. The Labute approximate surface area is 438 Å². The van der Waals surface area contributed by atoms with Crippen LogP contribution in [0.15, 0.2) is 91.4 Å². The summed E-state index contributed by atoms with van der Waals surface area (Å²) in [4.78, 5) is 45.1. The number of piperazine rings is 1. The van der Waals surface area contributed by atoms with E-state index in [2.05, 4.69) is 84.5 Å². The number of rotatable bonds is 8. The highest BCUT2D eigenvalue weighted by atomic mass is 19.1. The van der Waals surface area contributed by atoms with Crippen LogP contribution >= 0.6 is 0 Å². The first-order valence-corrected chi connectivity index (χ1v) is 25.7. The zero-order chi connectivity index (χ0) is 52.5. The van der Waals surface area contributed by atoms with Gasteiger partial charge in [0.2, 0.25) is 0 Å². The number of hydrogen-bond acceptors (Lipinski definition) is 16. The number of nitrogens with two attached hydrogens (primary N) is 1. The third-order valence-electron chi connectivity index (χ3n) is 15.1. The van der Waals surface area contributed by atoms with E-state index in [-0.39, 0.29) is 45.1 Å². The molecule has 13 heterocycles. The standard InChI is InChI=1S/C21H23FN6O2.C17H20N6O.C16H16FN5.2H2/c1-12(2)21(3)15-11-27(9-10-28(15)20(29)30-21)16-7-6-14(22)18(24-16)17-13-5-4-8-23-19(13)26-25-17;18-12-3-6-23(7-4-12)15-9-11(10-24)8-14(20-15)16-13-2-1-5-19-17(13)22-21-16;17-12-3-4-13(10-5-8-18-9-6-10)20-15(12)14-11-2-1-7-19-16(11)22-21-14;;/h4-8,12,15H,9-11H2,1-3H3,(H,23,25,26);1-2,5,8-9,12,24H,3-4,6-7,10,18H2,(H,19,21,22);1-4,7,10,18H,5-6,8-9H2,(H,19,21,22);2*1H. The molecule has 9 aromatic heterocycles. The summed E-state index contributed by atoms with van der Waals surface area (Å²) >= 11 is 0. The van der Waals surface area contributed by atoms with E-state index >= 15 is 0 Å². The summed E-state index contributed by atoms with van der Waals surface area (Å²) in [5.41, 5.74) is 12.2. The number of H-pyrrole nitrogens is 3. The highest BCUT2D eigenvalue weighted by Gasteiger charge is 2.54. The molecule has 0 radical (unpaired) electrons. The van der Waals surface area contributed by atoms with Crippen LogP contribution in [0.25, 0.3) is 67.3 Å². The van der Waals surface area contributed by atoms with Crippen molar-refractivity contribution in [1.82, 2.24) is 70.7 Å². The van der Waals surface area contributed by atoms with Gasteiger partial charge in [0.25, 0.3) is 0 Å². The summed E-state index contributed by atoms with van der Waals surface area (Å²) in [5.74, 6) is 1.30. The second-order valence-corrected chi connectivity index (χ2v) is 20.1. The summed E-state index contributed by atoms with van der Waals surface area (Å²) in [6, 6.07) is 21.6. The van der Waals surface area contributed by atoms with Gasteiger partial charge in [-0.25, -0.2) is 43.5 Å². The number of hydrogen-bond donors (Lipinski definition) is 6. The predicted molar refractivity (Wildman–Crippen MR) is 288 cm³/mol. The summed E-state index contributed by atoms with van der Waals surface area (Å²) in [6.45, 7) is 11.5. The molecule has 9 aromatic rings. The van der Waals surface area contributed by atoms with Crippen LogP contribution in [0.3, 0.4) is 0 Å². The van der Waals surface area contributed by atoms with Gasteiger partial charge in [0.05, 0.1) is 35.4 Å². The maximum Gasteiger partial charge on any atom is 0.410 e. The van der Waals surface area contributed by atoms with E-state index in [0.717, 1.165) is 91.1 Å². The predicted octanol–water partition coefficient (Wildman–Crippen LogP) is 7.77. The first kappa shape index (κ1) is 50.1. The maximum atomic E-state index is 14.7. The van der Waals surface area contributed by atoms with Crippen molar-refractivity contribution in [3.63, 3.8) is 0 Å². The number of halogens is 2. The van der Waals surface area contributed by atoms with Gasteiger partial charge < -0.3 is 30.7 Å². The van der Waals surface area contributed by atoms with Gasteiger partial charge >= 0.3 is 6.09 Å². The molecule has 0 spiro atoms. The highest BCUT2D eigenvalue weighted by molar-refractivity contribution is 5.91. The lowest BCUT2D eigenvalue weighted by Crippen LogP contribution is -2.58. The SMILES string of the molecule is CC(C)C1(C)OC(=O)N2CCN(c3ccc(F)c(-c4[nH]nc5ncccc45)n3)CC21.Fc1ccc(C2CCNCC2)nc1-c1[nH]nc2ncccc12.NC1CCN(c2cc(CO)cc(-c3[nH]nc4ncccc34)n2)CC1.[HH].[HH]. The Bertz CT molecular complexity index is 3530. The molecule has 1 amide bonds. The van der Waals surface area contributed by atoms with E-state index in [9.17, 15) is 18.7 Å². The number of carbonyl (C=O) groups is 1. The van der Waals surface area contributed by atoms with Gasteiger partial charge in [-0.15, -0.1) is 0 Å². The van der Waals surface area contributed by atoms with Gasteiger partial charge in [-0.05, 0) is 130 Å². The van der Waals surface area contributed by atoms with Crippen LogP contribution in [-0.4, -0.2) is 140 Å². The smallest absolute Gasteiger partial charge is 0.410 e. The Morgan fingerprint density at radius 2 is 1.30 bits per heavy atom. The van der Waals surface area contributed by atoms with Crippen molar-refractivity contribution in [3.8, 4) is 34.2 Å². The van der Waals surface area contributed by atoms with Crippen LogP contribution in [-0.2, 0) is 11.3 Å². The van der Waals surface area contributed by atoms with Gasteiger partial charge in [0.1, 0.15) is 28.6 Å². The average molecular weight is 1040 g/mol. The van der Waals surface area contributed by atoms with Crippen LogP contribution in [0.1, 0.15) is 66.5 Å². The van der Waals surface area contributed by atoms with E-state index in [0.29, 0.717) is 70.8 Å². The van der Waals surface area contributed by atoms with Crippen molar-refractivity contribution in [3.05, 3.63) is 114 Å². The lowest BCUT2D eigenvalue weighted by molar-refractivity contribution is 0.0103. The Morgan fingerprint density at radius 3 is 1.91 bits per heavy atom. The van der Waals surface area contributed by atoms with Gasteiger partial charge in [0, 0.05) is 88.0 Å². The largest absolute Gasteiger partial charge is 0.441 e. The molecule has 2 unspecified atom stereocenters. The monoisotopic (exact) mass is 1040 g/mol. The fourth-order valence-electron chi connectivity index (χ4n) is 10.5. The Hall–Kier alpha value is -8.08. The molecule has 22 heteroatoms. The lowest BCUT2D eigenvalue weighted by Gasteiger charge is -2.42. The molecule has 7 N–H and O–H groups in total. The third-order valence-corrected chi connectivity index (χ3v) is 15.1. The number of amides is 1. The molecular formula is C54H63F2N17O3. The van der Waals surface area contributed by atoms with E-state index in [1.54, 1.807) is 41.7 Å². The fourth-order valence-corrected chi connectivity index (χ4v) is 10.5. The zero-order valence-corrected chi connectivity index (χ0v) is 42.4. The fraction of sp³-hybridized carbons (Fsp3) is 0.370. The number of aromatic amines is 3. The number of carbonyl (C=O) groups excluding carboxylic acids is 1. The lowest BCUT2D eigenvalue weighted by atomic mass is 9.84. The third kappa shape index (κ3) is 9.85. The summed E-state index contributed by atoms with van der Waals surface area (Å²) in [6.07, 6.45) is 8.74. The van der Waals surface area contributed by atoms with Gasteiger partial charge in [-0.1, -0.05) is 13.8 Å². The van der Waals surface area contributed by atoms with Crippen molar-refractivity contribution in [1.29, 1.82) is 0 Å². The van der Waals surface area contributed by atoms with E-state index in [1.165, 1.54) is 12.1 Å². The topological polar surface area (TPSA) is 258 Å². The summed E-state index contributed by atoms with van der Waals surface area (Å²) in [5, 5.41) is 36.7. The maximum absolute atomic E-state index is 14.7. The van der Waals surface area contributed by atoms with E-state index in [4.69, 9.17) is 15.5 Å². The molecule has 76 heavy (non-hydrogen) atoms. The number of pyridine rings is 6. The summed E-state index contributed by atoms with van der Waals surface area (Å²) < 4.78 is 34.7. The van der Waals surface area contributed by atoms with Crippen molar-refractivity contribution in [2.24, 2.45) is 11.7 Å². The van der Waals surface area contributed by atoms with Crippen LogP contribution in [0.5, 0.6) is 0 Å². The molecule has 4 aliphatic heterocycles. The van der Waals surface area contributed by atoms with Crippen molar-refractivity contribution >= 4 is 50.8 Å². The van der Waals surface area contributed by atoms with Gasteiger partial charge in [-0.2, -0.15) is 15.3 Å². The first-order chi connectivity index (χ1) is 36.9. The molecule has 2 atom stereocenters. The number of ether oxygens (including phenoxy) is 1. The molecule has 13 rings (SSSR count). The van der Waals surface area contributed by atoms with Gasteiger partial charge in [0.15, 0.2) is 28.6 Å².